The van der Waals surface area contributed by atoms with Gasteiger partial charge in [-0.2, -0.15) is 0 Å². The molecule has 10 rings (SSSR count). The Bertz CT molecular complexity index is 2710. The van der Waals surface area contributed by atoms with Crippen molar-refractivity contribution in [1.82, 2.24) is 18.5 Å². The fraction of sp³-hybridized carbons (Fsp3) is 0. The van der Waals surface area contributed by atoms with Gasteiger partial charge in [-0.15, -0.1) is 0 Å². The molecule has 10 aromatic rings. The summed E-state index contributed by atoms with van der Waals surface area (Å²) in [5, 5.41) is 8.62. The van der Waals surface area contributed by atoms with Crippen LogP contribution in [0.2, 0.25) is 0 Å². The van der Waals surface area contributed by atoms with Gasteiger partial charge in [0, 0.05) is 56.1 Å². The van der Waals surface area contributed by atoms with E-state index >= 15 is 0 Å². The van der Waals surface area contributed by atoms with Crippen molar-refractivity contribution in [3.63, 3.8) is 0 Å². The van der Waals surface area contributed by atoms with E-state index in [1.807, 2.05) is 6.20 Å². The number of pyridine rings is 1. The molecule has 0 N–H and O–H groups in total. The molecule has 0 unspecified atom stereocenters. The molecule has 0 aliphatic carbocycles. The molecule has 0 radical (unpaired) electrons. The van der Waals surface area contributed by atoms with Gasteiger partial charge in [-0.3, -0.25) is 4.40 Å². The second-order valence-corrected chi connectivity index (χ2v) is 11.3. The molecule has 0 aliphatic rings. The summed E-state index contributed by atoms with van der Waals surface area (Å²) >= 11 is 0. The standard InChI is InChI=1S/C39H24N4/c1-3-11-25(12-4-1)42-33-18-10-9-17-30(33)37-34(42)20-19-28-32-23-31-27-15-7-8-16-29(27)39-40-21-22-41(39)35(31)24-36(32)43(38(28)37)26-13-5-2-6-14-26/h1-24H. The molecular weight excluding hydrogens is 524 g/mol. The Balaban J connectivity index is 1.48. The van der Waals surface area contributed by atoms with Crippen molar-refractivity contribution in [2.45, 2.75) is 0 Å². The first kappa shape index (κ1) is 22.8. The molecule has 0 atom stereocenters. The van der Waals surface area contributed by atoms with Crippen LogP contribution in [-0.4, -0.2) is 18.5 Å². The molecule has 6 aromatic carbocycles. The van der Waals surface area contributed by atoms with E-state index in [1.54, 1.807) is 0 Å². The zero-order chi connectivity index (χ0) is 28.1. The van der Waals surface area contributed by atoms with E-state index in [0.29, 0.717) is 0 Å². The molecular formula is C39H24N4. The third kappa shape index (κ3) is 2.97. The molecule has 4 nitrogen and oxygen atoms in total. The maximum atomic E-state index is 4.76. The molecule has 0 amide bonds. The number of nitrogens with zero attached hydrogens (tertiary/aromatic N) is 4. The van der Waals surface area contributed by atoms with Gasteiger partial charge in [0.15, 0.2) is 0 Å². The Morgan fingerprint density at radius 3 is 1.86 bits per heavy atom. The highest BCUT2D eigenvalue weighted by Gasteiger charge is 2.22. The molecule has 0 aliphatic heterocycles. The van der Waals surface area contributed by atoms with Crippen LogP contribution in [0.1, 0.15) is 0 Å². The van der Waals surface area contributed by atoms with Gasteiger partial charge < -0.3 is 9.13 Å². The summed E-state index contributed by atoms with van der Waals surface area (Å²) in [5.74, 6) is 0. The van der Waals surface area contributed by atoms with Crippen molar-refractivity contribution in [2.75, 3.05) is 0 Å². The van der Waals surface area contributed by atoms with Crippen molar-refractivity contribution in [1.29, 1.82) is 0 Å². The fourth-order valence-corrected chi connectivity index (χ4v) is 7.32. The van der Waals surface area contributed by atoms with E-state index in [2.05, 4.69) is 153 Å². The average molecular weight is 549 g/mol. The predicted octanol–water partition coefficient (Wildman–Crippen LogP) is 9.83. The Morgan fingerprint density at radius 1 is 0.419 bits per heavy atom. The van der Waals surface area contributed by atoms with Crippen LogP contribution in [0.4, 0.5) is 0 Å². The lowest BCUT2D eigenvalue weighted by molar-refractivity contribution is 1.17. The molecule has 0 fully saturated rings. The average Bonchev–Trinajstić information content (AvgIpc) is 3.78. The first-order valence-corrected chi connectivity index (χ1v) is 14.7. The summed E-state index contributed by atoms with van der Waals surface area (Å²) < 4.78 is 7.10. The SMILES string of the molecule is c1ccc(-n2c3ccccc3c3c2ccc2c4cc5c6ccccc6c6nccn6c5cc4n(-c4ccccc4)c23)cc1. The Kier molecular flexibility index (Phi) is 4.42. The number of fused-ring (bicyclic) bond motifs is 13. The van der Waals surface area contributed by atoms with Crippen LogP contribution in [0.15, 0.2) is 146 Å². The van der Waals surface area contributed by atoms with Gasteiger partial charge in [0.1, 0.15) is 5.65 Å². The smallest absolute Gasteiger partial charge is 0.145 e. The zero-order valence-corrected chi connectivity index (χ0v) is 23.1. The van der Waals surface area contributed by atoms with E-state index in [-0.39, 0.29) is 0 Å². The van der Waals surface area contributed by atoms with Crippen molar-refractivity contribution in [3.05, 3.63) is 146 Å². The largest absolute Gasteiger partial charge is 0.309 e. The summed E-state index contributed by atoms with van der Waals surface area (Å²) in [6.45, 7) is 0. The predicted molar refractivity (Wildman–Crippen MR) is 179 cm³/mol. The lowest BCUT2D eigenvalue weighted by atomic mass is 10.0. The van der Waals surface area contributed by atoms with Crippen LogP contribution < -0.4 is 0 Å². The van der Waals surface area contributed by atoms with Gasteiger partial charge in [0.2, 0.25) is 0 Å². The molecule has 0 saturated heterocycles. The van der Waals surface area contributed by atoms with Gasteiger partial charge in [-0.25, -0.2) is 4.98 Å². The maximum Gasteiger partial charge on any atom is 0.145 e. The first-order valence-electron chi connectivity index (χ1n) is 14.7. The number of hydrogen-bond acceptors (Lipinski definition) is 1. The normalized spacial score (nSPS) is 12.2. The summed E-state index contributed by atoms with van der Waals surface area (Å²) in [6.07, 6.45) is 3.98. The second kappa shape index (κ2) is 8.34. The molecule has 0 saturated carbocycles. The molecule has 4 heteroatoms. The number of hydrogen-bond donors (Lipinski definition) is 0. The van der Waals surface area contributed by atoms with Gasteiger partial charge in [0.05, 0.1) is 27.6 Å². The maximum absolute atomic E-state index is 4.76. The van der Waals surface area contributed by atoms with Crippen molar-refractivity contribution in [3.8, 4) is 11.4 Å². The summed E-state index contributed by atoms with van der Waals surface area (Å²) in [6, 6.07) is 48.3. The molecule has 4 heterocycles. The Hall–Kier alpha value is -5.87. The van der Waals surface area contributed by atoms with Crippen LogP contribution >= 0.6 is 0 Å². The van der Waals surface area contributed by atoms with Gasteiger partial charge in [-0.05, 0) is 53.9 Å². The minimum Gasteiger partial charge on any atom is -0.309 e. The third-order valence-electron chi connectivity index (χ3n) is 9.07. The van der Waals surface area contributed by atoms with Crippen LogP contribution in [0.3, 0.4) is 0 Å². The lowest BCUT2D eigenvalue weighted by Crippen LogP contribution is -1.96. The number of rotatable bonds is 2. The summed E-state index contributed by atoms with van der Waals surface area (Å²) in [4.78, 5) is 4.76. The zero-order valence-electron chi connectivity index (χ0n) is 23.1. The summed E-state index contributed by atoms with van der Waals surface area (Å²) in [7, 11) is 0. The van der Waals surface area contributed by atoms with Crippen molar-refractivity contribution >= 4 is 70.9 Å². The minimum atomic E-state index is 0.984. The number of para-hydroxylation sites is 3. The van der Waals surface area contributed by atoms with E-state index < -0.39 is 0 Å². The van der Waals surface area contributed by atoms with E-state index in [4.69, 9.17) is 4.98 Å². The highest BCUT2D eigenvalue weighted by Crippen LogP contribution is 2.43. The van der Waals surface area contributed by atoms with Gasteiger partial charge in [-0.1, -0.05) is 84.9 Å². The third-order valence-corrected chi connectivity index (χ3v) is 9.07. The van der Waals surface area contributed by atoms with E-state index in [1.165, 1.54) is 59.8 Å². The monoisotopic (exact) mass is 548 g/mol. The lowest BCUT2D eigenvalue weighted by Gasteiger charge is -2.11. The minimum absolute atomic E-state index is 0.984. The molecule has 43 heavy (non-hydrogen) atoms. The Labute approximate surface area is 246 Å². The number of imidazole rings is 1. The summed E-state index contributed by atoms with van der Waals surface area (Å²) in [5.41, 5.74) is 9.27. The second-order valence-electron chi connectivity index (χ2n) is 11.3. The topological polar surface area (TPSA) is 27.2 Å². The Morgan fingerprint density at radius 2 is 1.07 bits per heavy atom. The molecule has 0 spiro atoms. The van der Waals surface area contributed by atoms with E-state index in [9.17, 15) is 0 Å². The van der Waals surface area contributed by atoms with Crippen LogP contribution in [0, 0.1) is 0 Å². The quantitative estimate of drug-likeness (QED) is 0.198. The van der Waals surface area contributed by atoms with Crippen LogP contribution in [0.25, 0.3) is 82.3 Å². The highest BCUT2D eigenvalue weighted by molar-refractivity contribution is 6.28. The van der Waals surface area contributed by atoms with E-state index in [0.717, 1.165) is 22.5 Å². The molecule has 4 aromatic heterocycles. The van der Waals surface area contributed by atoms with Crippen molar-refractivity contribution < 1.29 is 0 Å². The van der Waals surface area contributed by atoms with Crippen LogP contribution in [0.5, 0.6) is 0 Å². The van der Waals surface area contributed by atoms with Gasteiger partial charge >= 0.3 is 0 Å². The molecule has 200 valence electrons. The van der Waals surface area contributed by atoms with Crippen molar-refractivity contribution in [2.24, 2.45) is 0 Å². The fourth-order valence-electron chi connectivity index (χ4n) is 7.32. The number of benzene rings is 6. The van der Waals surface area contributed by atoms with Crippen LogP contribution in [-0.2, 0) is 0 Å². The first-order chi connectivity index (χ1) is 21.4. The molecule has 0 bridgehead atoms. The number of aromatic nitrogens is 4. The van der Waals surface area contributed by atoms with Gasteiger partial charge in [0.25, 0.3) is 0 Å². The highest BCUT2D eigenvalue weighted by atomic mass is 15.0.